The first-order chi connectivity index (χ1) is 8.40. The van der Waals surface area contributed by atoms with Crippen LogP contribution in [0.25, 0.3) is 0 Å². The van der Waals surface area contributed by atoms with E-state index in [1.54, 1.807) is 0 Å². The van der Waals surface area contributed by atoms with Gasteiger partial charge in [-0.25, -0.2) is 0 Å². The molecule has 0 aromatic carbocycles. The second kappa shape index (κ2) is 7.41. The van der Waals surface area contributed by atoms with Gasteiger partial charge in [0.25, 0.3) is 0 Å². The quantitative estimate of drug-likeness (QED) is 0.716. The molecule has 100 valence electrons. The van der Waals surface area contributed by atoms with Crippen LogP contribution in [0, 0.1) is 11.8 Å². The van der Waals surface area contributed by atoms with E-state index in [1.807, 2.05) is 0 Å². The first-order valence-corrected chi connectivity index (χ1v) is 8.13. The van der Waals surface area contributed by atoms with Crippen LogP contribution in [0.4, 0.5) is 0 Å². The highest BCUT2D eigenvalue weighted by Crippen LogP contribution is 2.36. The first kappa shape index (κ1) is 13.4. The molecule has 1 nitrogen and oxygen atoms in total. The lowest BCUT2D eigenvalue weighted by Gasteiger charge is -2.25. The van der Waals surface area contributed by atoms with Crippen molar-refractivity contribution in [2.24, 2.45) is 11.8 Å². The molecule has 0 saturated heterocycles. The summed E-state index contributed by atoms with van der Waals surface area (Å²) in [5.74, 6) is 2.11. The summed E-state index contributed by atoms with van der Waals surface area (Å²) in [5.41, 5.74) is 0. The molecule has 0 aromatic heterocycles. The van der Waals surface area contributed by atoms with E-state index in [1.165, 1.54) is 77.2 Å². The van der Waals surface area contributed by atoms with Crippen LogP contribution in [-0.4, -0.2) is 12.6 Å². The summed E-state index contributed by atoms with van der Waals surface area (Å²) in [6.07, 6.45) is 16.1. The second-order valence-electron chi connectivity index (χ2n) is 6.32. The number of hydrogen-bond donors (Lipinski definition) is 1. The second-order valence-corrected chi connectivity index (χ2v) is 6.32. The van der Waals surface area contributed by atoms with E-state index in [4.69, 9.17) is 0 Å². The predicted molar refractivity (Wildman–Crippen MR) is 75.2 cm³/mol. The molecule has 0 spiro atoms. The van der Waals surface area contributed by atoms with Crippen molar-refractivity contribution >= 4 is 0 Å². The molecule has 1 heteroatoms. The highest BCUT2D eigenvalue weighted by molar-refractivity contribution is 4.79. The zero-order valence-electron chi connectivity index (χ0n) is 11.7. The van der Waals surface area contributed by atoms with Crippen LogP contribution in [0.15, 0.2) is 0 Å². The molecule has 2 fully saturated rings. The van der Waals surface area contributed by atoms with Gasteiger partial charge in [0.05, 0.1) is 0 Å². The van der Waals surface area contributed by atoms with Gasteiger partial charge in [0.15, 0.2) is 0 Å². The average molecular weight is 237 g/mol. The van der Waals surface area contributed by atoms with Gasteiger partial charge in [-0.2, -0.15) is 0 Å². The Bertz CT molecular complexity index is 196. The molecular formula is C16H31N. The molecule has 2 aliphatic carbocycles. The maximum absolute atomic E-state index is 3.81. The number of rotatable bonds is 6. The van der Waals surface area contributed by atoms with Crippen molar-refractivity contribution in [1.29, 1.82) is 0 Å². The highest BCUT2D eigenvalue weighted by Gasteiger charge is 2.26. The molecule has 2 rings (SSSR count). The number of hydrogen-bond acceptors (Lipinski definition) is 1. The zero-order chi connectivity index (χ0) is 11.9. The monoisotopic (exact) mass is 237 g/mol. The maximum Gasteiger partial charge on any atom is 0.00670 e. The van der Waals surface area contributed by atoms with Crippen molar-refractivity contribution in [2.45, 2.75) is 83.6 Å². The largest absolute Gasteiger partial charge is 0.314 e. The third-order valence-corrected chi connectivity index (χ3v) is 5.03. The summed E-state index contributed by atoms with van der Waals surface area (Å²) in [6.45, 7) is 3.63. The van der Waals surface area contributed by atoms with Gasteiger partial charge in [-0.3, -0.25) is 0 Å². The molecule has 0 aromatic rings. The molecule has 0 radical (unpaired) electrons. The van der Waals surface area contributed by atoms with Crippen LogP contribution < -0.4 is 5.32 Å². The van der Waals surface area contributed by atoms with E-state index in [-0.39, 0.29) is 0 Å². The SMILES string of the molecule is CCC[C@H]1CCC[C@@H]1CCNC1CCCCC1. The topological polar surface area (TPSA) is 12.0 Å². The molecule has 0 amide bonds. The molecule has 1 N–H and O–H groups in total. The van der Waals surface area contributed by atoms with Crippen LogP contribution in [0.1, 0.15) is 77.6 Å². The minimum Gasteiger partial charge on any atom is -0.314 e. The smallest absolute Gasteiger partial charge is 0.00670 e. The van der Waals surface area contributed by atoms with Gasteiger partial charge < -0.3 is 5.32 Å². The van der Waals surface area contributed by atoms with Gasteiger partial charge in [0, 0.05) is 6.04 Å². The standard InChI is InChI=1S/C16H31N/c1-2-7-14-8-6-9-15(14)12-13-17-16-10-4-3-5-11-16/h14-17H,2-13H2,1H3/t14-,15+/m0/s1. The summed E-state index contributed by atoms with van der Waals surface area (Å²) < 4.78 is 0. The molecule has 2 aliphatic rings. The molecule has 0 heterocycles. The Labute approximate surface area is 108 Å². The van der Waals surface area contributed by atoms with E-state index in [0.717, 1.165) is 17.9 Å². The number of nitrogens with one attached hydrogen (secondary N) is 1. The maximum atomic E-state index is 3.81. The molecule has 0 aliphatic heterocycles. The molecule has 2 atom stereocenters. The molecule has 0 unspecified atom stereocenters. The van der Waals surface area contributed by atoms with Crippen molar-refractivity contribution in [1.82, 2.24) is 5.32 Å². The van der Waals surface area contributed by atoms with E-state index in [2.05, 4.69) is 12.2 Å². The van der Waals surface area contributed by atoms with Crippen LogP contribution in [0.3, 0.4) is 0 Å². The molecular weight excluding hydrogens is 206 g/mol. The Balaban J connectivity index is 1.60. The van der Waals surface area contributed by atoms with Crippen LogP contribution in [0.5, 0.6) is 0 Å². The van der Waals surface area contributed by atoms with E-state index >= 15 is 0 Å². The Morgan fingerprint density at radius 1 is 0.824 bits per heavy atom. The summed E-state index contributed by atoms with van der Waals surface area (Å²) in [5, 5.41) is 3.81. The molecule has 17 heavy (non-hydrogen) atoms. The van der Waals surface area contributed by atoms with Crippen molar-refractivity contribution in [2.75, 3.05) is 6.54 Å². The highest BCUT2D eigenvalue weighted by atomic mass is 14.9. The predicted octanol–water partition coefficient (Wildman–Crippen LogP) is 4.52. The van der Waals surface area contributed by atoms with Gasteiger partial charge in [-0.05, 0) is 37.6 Å². The first-order valence-electron chi connectivity index (χ1n) is 8.13. The third kappa shape index (κ3) is 4.28. The Morgan fingerprint density at radius 3 is 2.24 bits per heavy atom. The Hall–Kier alpha value is -0.0400. The van der Waals surface area contributed by atoms with Gasteiger partial charge >= 0.3 is 0 Å². The molecule has 2 saturated carbocycles. The summed E-state index contributed by atoms with van der Waals surface area (Å²) in [4.78, 5) is 0. The lowest BCUT2D eigenvalue weighted by Crippen LogP contribution is -2.32. The fourth-order valence-electron chi connectivity index (χ4n) is 4.02. The van der Waals surface area contributed by atoms with E-state index < -0.39 is 0 Å². The van der Waals surface area contributed by atoms with Gasteiger partial charge in [-0.15, -0.1) is 0 Å². The van der Waals surface area contributed by atoms with E-state index in [0.29, 0.717) is 0 Å². The fraction of sp³-hybridized carbons (Fsp3) is 1.00. The van der Waals surface area contributed by atoms with Crippen molar-refractivity contribution in [3.05, 3.63) is 0 Å². The Kier molecular flexibility index (Phi) is 5.84. The van der Waals surface area contributed by atoms with Crippen LogP contribution >= 0.6 is 0 Å². The van der Waals surface area contributed by atoms with Gasteiger partial charge in [0.2, 0.25) is 0 Å². The Morgan fingerprint density at radius 2 is 1.53 bits per heavy atom. The minimum atomic E-state index is 0.856. The van der Waals surface area contributed by atoms with E-state index in [9.17, 15) is 0 Å². The van der Waals surface area contributed by atoms with Crippen LogP contribution in [0.2, 0.25) is 0 Å². The summed E-state index contributed by atoms with van der Waals surface area (Å²) in [7, 11) is 0. The fourth-order valence-corrected chi connectivity index (χ4v) is 4.02. The lowest BCUT2D eigenvalue weighted by atomic mass is 9.89. The third-order valence-electron chi connectivity index (χ3n) is 5.03. The van der Waals surface area contributed by atoms with Gasteiger partial charge in [0.1, 0.15) is 0 Å². The summed E-state index contributed by atoms with van der Waals surface area (Å²) >= 11 is 0. The average Bonchev–Trinajstić information content (AvgIpc) is 2.79. The van der Waals surface area contributed by atoms with Crippen molar-refractivity contribution < 1.29 is 0 Å². The van der Waals surface area contributed by atoms with Crippen molar-refractivity contribution in [3.8, 4) is 0 Å². The lowest BCUT2D eigenvalue weighted by molar-refractivity contribution is 0.313. The minimum absolute atomic E-state index is 0.856. The van der Waals surface area contributed by atoms with Crippen LogP contribution in [-0.2, 0) is 0 Å². The summed E-state index contributed by atoms with van der Waals surface area (Å²) in [6, 6.07) is 0.856. The van der Waals surface area contributed by atoms with Crippen molar-refractivity contribution in [3.63, 3.8) is 0 Å². The normalized spacial score (nSPS) is 30.9. The van der Waals surface area contributed by atoms with Gasteiger partial charge in [-0.1, -0.05) is 58.3 Å². The zero-order valence-corrected chi connectivity index (χ0v) is 11.7. The molecule has 0 bridgehead atoms.